The molecule has 0 unspecified atom stereocenters. The van der Waals surface area contributed by atoms with E-state index < -0.39 is 0 Å². The Morgan fingerprint density at radius 2 is 1.84 bits per heavy atom. The Labute approximate surface area is 123 Å². The van der Waals surface area contributed by atoms with Gasteiger partial charge in [-0.2, -0.15) is 0 Å². The van der Waals surface area contributed by atoms with Crippen LogP contribution in [0, 0.1) is 0 Å². The zero-order valence-electron chi connectivity index (χ0n) is 10.7. The maximum Gasteiger partial charge on any atom is 0.175 e. The third-order valence-electron chi connectivity index (χ3n) is 2.79. The molecule has 2 aromatic rings. The summed E-state index contributed by atoms with van der Waals surface area (Å²) in [6.07, 6.45) is 2.17. The summed E-state index contributed by atoms with van der Waals surface area (Å²) in [6.45, 7) is 3.02. The average Bonchev–Trinajstić information content (AvgIpc) is 2.44. The van der Waals surface area contributed by atoms with Crippen molar-refractivity contribution in [1.29, 1.82) is 0 Å². The van der Waals surface area contributed by atoms with Crippen LogP contribution in [0.4, 0.5) is 11.4 Å². The summed E-state index contributed by atoms with van der Waals surface area (Å²) in [6, 6.07) is 11.8. The van der Waals surface area contributed by atoms with E-state index in [-0.39, 0.29) is 0 Å². The minimum absolute atomic E-state index is 0.344. The molecule has 0 saturated heterocycles. The lowest BCUT2D eigenvalue weighted by molar-refractivity contribution is 0.783. The molecule has 0 bridgehead atoms. The zero-order valence-corrected chi connectivity index (χ0v) is 12.2. The molecule has 1 aromatic heterocycles. The van der Waals surface area contributed by atoms with E-state index in [2.05, 4.69) is 22.0 Å². The van der Waals surface area contributed by atoms with Gasteiger partial charge in [0.05, 0.1) is 5.69 Å². The molecule has 1 aromatic carbocycles. The predicted molar refractivity (Wildman–Crippen MR) is 80.4 cm³/mol. The molecule has 0 fully saturated rings. The fourth-order valence-electron chi connectivity index (χ4n) is 1.85. The SMILES string of the molecule is CCCCN(c1ccccc1)c1cc(Cl)nnc1Cl. The summed E-state index contributed by atoms with van der Waals surface area (Å²) in [5.41, 5.74) is 1.86. The number of anilines is 2. The monoisotopic (exact) mass is 295 g/mol. The molecule has 0 aliphatic heterocycles. The van der Waals surface area contributed by atoms with Gasteiger partial charge in [0.25, 0.3) is 0 Å². The van der Waals surface area contributed by atoms with Crippen molar-refractivity contribution in [2.75, 3.05) is 11.4 Å². The van der Waals surface area contributed by atoms with Gasteiger partial charge in [0.2, 0.25) is 0 Å². The second kappa shape index (κ2) is 6.73. The van der Waals surface area contributed by atoms with Gasteiger partial charge >= 0.3 is 0 Å². The van der Waals surface area contributed by atoms with Gasteiger partial charge in [0.1, 0.15) is 0 Å². The van der Waals surface area contributed by atoms with E-state index in [1.54, 1.807) is 6.07 Å². The van der Waals surface area contributed by atoms with Crippen molar-refractivity contribution in [3.8, 4) is 0 Å². The molecular formula is C14H15Cl2N3. The summed E-state index contributed by atoms with van der Waals surface area (Å²) < 4.78 is 0. The average molecular weight is 296 g/mol. The number of halogens is 2. The van der Waals surface area contributed by atoms with Crippen LogP contribution < -0.4 is 4.90 Å². The first-order valence-electron chi connectivity index (χ1n) is 6.23. The number of hydrogen-bond donors (Lipinski definition) is 0. The van der Waals surface area contributed by atoms with E-state index in [1.807, 2.05) is 30.3 Å². The van der Waals surface area contributed by atoms with Gasteiger partial charge in [-0.25, -0.2) is 0 Å². The third-order valence-corrected chi connectivity index (χ3v) is 3.25. The van der Waals surface area contributed by atoms with Crippen molar-refractivity contribution in [2.24, 2.45) is 0 Å². The smallest absolute Gasteiger partial charge is 0.175 e. The van der Waals surface area contributed by atoms with Crippen LogP contribution in [0.5, 0.6) is 0 Å². The largest absolute Gasteiger partial charge is 0.339 e. The molecule has 2 rings (SSSR count). The van der Waals surface area contributed by atoms with Crippen LogP contribution in [-0.2, 0) is 0 Å². The maximum absolute atomic E-state index is 6.15. The first kappa shape index (κ1) is 14.1. The van der Waals surface area contributed by atoms with Gasteiger partial charge in [-0.1, -0.05) is 54.7 Å². The number of nitrogens with zero attached hydrogens (tertiary/aromatic N) is 3. The van der Waals surface area contributed by atoms with Gasteiger partial charge in [-0.05, 0) is 18.6 Å². The summed E-state index contributed by atoms with van der Waals surface area (Å²) >= 11 is 12.1. The Kier molecular flexibility index (Phi) is 5.00. The lowest BCUT2D eigenvalue weighted by Gasteiger charge is -2.25. The lowest BCUT2D eigenvalue weighted by atomic mass is 10.2. The molecule has 1 heterocycles. The first-order valence-corrected chi connectivity index (χ1v) is 6.99. The number of para-hydroxylation sites is 1. The quantitative estimate of drug-likeness (QED) is 0.799. The van der Waals surface area contributed by atoms with E-state index in [4.69, 9.17) is 23.2 Å². The Hall–Kier alpha value is -1.32. The van der Waals surface area contributed by atoms with Crippen molar-refractivity contribution in [3.05, 3.63) is 46.7 Å². The van der Waals surface area contributed by atoms with Gasteiger partial charge in [0.15, 0.2) is 10.3 Å². The Morgan fingerprint density at radius 1 is 1.11 bits per heavy atom. The van der Waals surface area contributed by atoms with Gasteiger partial charge in [-0.15, -0.1) is 10.2 Å². The van der Waals surface area contributed by atoms with E-state index in [0.717, 1.165) is 30.8 Å². The lowest BCUT2D eigenvalue weighted by Crippen LogP contribution is -2.19. The highest BCUT2D eigenvalue weighted by atomic mass is 35.5. The predicted octanol–water partition coefficient (Wildman–Crippen LogP) is 4.72. The van der Waals surface area contributed by atoms with E-state index >= 15 is 0 Å². The van der Waals surface area contributed by atoms with Crippen LogP contribution in [0.3, 0.4) is 0 Å². The second-order valence-corrected chi connectivity index (χ2v) is 4.93. The van der Waals surface area contributed by atoms with Crippen molar-refractivity contribution >= 4 is 34.6 Å². The third kappa shape index (κ3) is 3.58. The van der Waals surface area contributed by atoms with Crippen LogP contribution in [0.1, 0.15) is 19.8 Å². The normalized spacial score (nSPS) is 10.5. The molecule has 0 N–H and O–H groups in total. The molecule has 19 heavy (non-hydrogen) atoms. The summed E-state index contributed by atoms with van der Waals surface area (Å²) in [7, 11) is 0. The molecule has 100 valence electrons. The van der Waals surface area contributed by atoms with Gasteiger partial charge in [0, 0.05) is 18.3 Å². The highest BCUT2D eigenvalue weighted by molar-refractivity contribution is 6.33. The number of hydrogen-bond acceptors (Lipinski definition) is 3. The minimum atomic E-state index is 0.344. The second-order valence-electron chi connectivity index (χ2n) is 4.18. The molecule has 0 atom stereocenters. The van der Waals surface area contributed by atoms with E-state index in [9.17, 15) is 0 Å². The van der Waals surface area contributed by atoms with Gasteiger partial charge in [-0.3, -0.25) is 0 Å². The highest BCUT2D eigenvalue weighted by Crippen LogP contribution is 2.31. The molecular weight excluding hydrogens is 281 g/mol. The molecule has 0 aliphatic carbocycles. The van der Waals surface area contributed by atoms with Crippen LogP contribution in [-0.4, -0.2) is 16.7 Å². The zero-order chi connectivity index (χ0) is 13.7. The Balaban J connectivity index is 2.40. The van der Waals surface area contributed by atoms with Crippen LogP contribution in [0.15, 0.2) is 36.4 Å². The van der Waals surface area contributed by atoms with E-state index in [0.29, 0.717) is 10.3 Å². The maximum atomic E-state index is 6.15. The number of unbranched alkanes of at least 4 members (excludes halogenated alkanes) is 1. The summed E-state index contributed by atoms with van der Waals surface area (Å²) in [5.74, 6) is 0. The van der Waals surface area contributed by atoms with Crippen molar-refractivity contribution in [1.82, 2.24) is 10.2 Å². The van der Waals surface area contributed by atoms with Gasteiger partial charge < -0.3 is 4.90 Å². The molecule has 0 saturated carbocycles. The van der Waals surface area contributed by atoms with E-state index in [1.165, 1.54) is 0 Å². The van der Waals surface area contributed by atoms with Crippen molar-refractivity contribution in [3.63, 3.8) is 0 Å². The molecule has 0 amide bonds. The molecule has 0 aliphatic rings. The molecule has 0 spiro atoms. The molecule has 3 nitrogen and oxygen atoms in total. The summed E-state index contributed by atoms with van der Waals surface area (Å²) in [4.78, 5) is 2.12. The standard InChI is InChI=1S/C14H15Cl2N3/c1-2-3-9-19(11-7-5-4-6-8-11)12-10-13(15)17-18-14(12)16/h4-8,10H,2-3,9H2,1H3. The van der Waals surface area contributed by atoms with Crippen LogP contribution in [0.25, 0.3) is 0 Å². The Morgan fingerprint density at radius 3 is 2.53 bits per heavy atom. The van der Waals surface area contributed by atoms with Crippen LogP contribution >= 0.6 is 23.2 Å². The van der Waals surface area contributed by atoms with Crippen LogP contribution in [0.2, 0.25) is 10.3 Å². The topological polar surface area (TPSA) is 29.0 Å². The number of aromatic nitrogens is 2. The first-order chi connectivity index (χ1) is 9.22. The van der Waals surface area contributed by atoms with Crippen molar-refractivity contribution in [2.45, 2.75) is 19.8 Å². The Bertz CT molecular complexity index is 531. The fourth-order valence-corrected chi connectivity index (χ4v) is 2.18. The number of benzene rings is 1. The minimum Gasteiger partial charge on any atom is -0.339 e. The number of rotatable bonds is 5. The fraction of sp³-hybridized carbons (Fsp3) is 0.286. The summed E-state index contributed by atoms with van der Waals surface area (Å²) in [5, 5.41) is 8.34. The molecule has 5 heteroatoms. The van der Waals surface area contributed by atoms with Crippen molar-refractivity contribution < 1.29 is 0 Å². The molecule has 0 radical (unpaired) electrons. The highest BCUT2D eigenvalue weighted by Gasteiger charge is 2.14.